The highest BCUT2D eigenvalue weighted by molar-refractivity contribution is 5.75. The highest BCUT2D eigenvalue weighted by atomic mass is 15.0. The molecule has 0 fully saturated rings. The summed E-state index contributed by atoms with van der Waals surface area (Å²) in [7, 11) is 0. The van der Waals surface area contributed by atoms with Crippen LogP contribution in [0, 0.1) is 0 Å². The van der Waals surface area contributed by atoms with Gasteiger partial charge in [0.15, 0.2) is 34.9 Å². The predicted octanol–water partition coefficient (Wildman–Crippen LogP) is 11.0. The van der Waals surface area contributed by atoms with Crippen LogP contribution in [0.5, 0.6) is 0 Å². The third kappa shape index (κ3) is 5.42. The lowest BCUT2D eigenvalue weighted by molar-refractivity contribution is 0.754. The fraction of sp³-hybridized carbons (Fsp3) is 0.0400. The Morgan fingerprint density at radius 1 is 0.286 bits per heavy atom. The van der Waals surface area contributed by atoms with E-state index in [1.165, 1.54) is 0 Å². The van der Waals surface area contributed by atoms with Crippen molar-refractivity contribution >= 4 is 0 Å². The molecule has 2 heterocycles. The van der Waals surface area contributed by atoms with Crippen molar-refractivity contribution in [1.29, 1.82) is 0 Å². The minimum Gasteiger partial charge on any atom is -0.208 e. The van der Waals surface area contributed by atoms with Gasteiger partial charge in [-0.05, 0) is 45.5 Å². The number of hydrogen-bond acceptors (Lipinski definition) is 6. The largest absolute Gasteiger partial charge is 0.208 e. The molecule has 12 rings (SSSR count). The van der Waals surface area contributed by atoms with E-state index in [-0.39, 0.29) is 11.6 Å². The van der Waals surface area contributed by atoms with Crippen molar-refractivity contribution in [2.24, 2.45) is 0 Å². The van der Waals surface area contributed by atoms with Gasteiger partial charge in [0.1, 0.15) is 0 Å². The maximum Gasteiger partial charge on any atom is 0.164 e. The van der Waals surface area contributed by atoms with E-state index >= 15 is 0 Å². The first-order valence-electron chi connectivity index (χ1n) is 27.2. The molecule has 0 N–H and O–H groups in total. The molecule has 0 radical (unpaired) electrons. The summed E-state index contributed by atoms with van der Waals surface area (Å²) in [5.74, 6) is -2.78. The van der Waals surface area contributed by atoms with Crippen LogP contribution >= 0.6 is 0 Å². The summed E-state index contributed by atoms with van der Waals surface area (Å²) in [4.78, 5) is 27.4. The summed E-state index contributed by atoms with van der Waals surface area (Å²) in [6, 6.07) is 5.34. The third-order valence-corrected chi connectivity index (χ3v) is 9.72. The molecule has 7 aromatic carbocycles. The number of nitrogens with zero attached hydrogens (tertiary/aromatic N) is 6. The summed E-state index contributed by atoms with van der Waals surface area (Å²) in [5, 5.41) is 0. The summed E-state index contributed by atoms with van der Waals surface area (Å²) in [6.07, 6.45) is 0. The highest BCUT2D eigenvalue weighted by Gasteiger charge is 2.41. The number of rotatable bonds is 6. The van der Waals surface area contributed by atoms with E-state index in [2.05, 4.69) is 29.9 Å². The molecule has 6 heteroatoms. The zero-order valence-corrected chi connectivity index (χ0v) is 28.6. The summed E-state index contributed by atoms with van der Waals surface area (Å²) >= 11 is 0. The molecular formula is C50H32N6. The second-order valence-electron chi connectivity index (χ2n) is 12.8. The maximum atomic E-state index is 8.76. The Hall–Kier alpha value is -7.44. The smallest absolute Gasteiger partial charge is 0.164 e. The number of aromatic nitrogens is 6. The number of hydrogen-bond donors (Lipinski definition) is 0. The van der Waals surface area contributed by atoms with Crippen molar-refractivity contribution in [3.63, 3.8) is 0 Å². The molecule has 262 valence electrons. The molecule has 2 bridgehead atoms. The monoisotopic (exact) mass is 736 g/mol. The van der Waals surface area contributed by atoms with Crippen molar-refractivity contribution < 1.29 is 27.4 Å². The lowest BCUT2D eigenvalue weighted by atomic mass is 9.61. The van der Waals surface area contributed by atoms with Crippen LogP contribution in [0.2, 0.25) is 0 Å². The topological polar surface area (TPSA) is 77.3 Å². The Morgan fingerprint density at radius 2 is 0.554 bits per heavy atom. The van der Waals surface area contributed by atoms with Crippen molar-refractivity contribution in [2.75, 3.05) is 0 Å². The first-order valence-corrected chi connectivity index (χ1v) is 17.2. The number of benzene rings is 7. The van der Waals surface area contributed by atoms with Gasteiger partial charge in [-0.3, -0.25) is 0 Å². The molecule has 56 heavy (non-hydrogen) atoms. The lowest BCUT2D eigenvalue weighted by Gasteiger charge is -2.42. The van der Waals surface area contributed by atoms with Gasteiger partial charge in [-0.1, -0.05) is 169 Å². The van der Waals surface area contributed by atoms with E-state index in [0.29, 0.717) is 11.1 Å². The molecule has 2 unspecified atom stereocenters. The first-order chi connectivity index (χ1) is 36.0. The van der Waals surface area contributed by atoms with Crippen LogP contribution in [0.3, 0.4) is 0 Å². The minimum atomic E-state index is -0.674. The molecule has 9 aromatic rings. The zero-order valence-electron chi connectivity index (χ0n) is 48.6. The summed E-state index contributed by atoms with van der Waals surface area (Å²) in [5.41, 5.74) is 4.21. The van der Waals surface area contributed by atoms with Gasteiger partial charge >= 0.3 is 0 Å². The zero-order chi connectivity index (χ0) is 54.4. The van der Waals surface area contributed by atoms with Crippen molar-refractivity contribution in [2.45, 2.75) is 11.8 Å². The molecule has 2 aromatic heterocycles. The van der Waals surface area contributed by atoms with Gasteiger partial charge in [0.25, 0.3) is 0 Å². The van der Waals surface area contributed by atoms with Crippen molar-refractivity contribution in [3.05, 3.63) is 215 Å². The van der Waals surface area contributed by atoms with E-state index in [1.807, 2.05) is 48.5 Å². The molecule has 2 atom stereocenters. The van der Waals surface area contributed by atoms with Crippen LogP contribution in [-0.2, 0) is 0 Å². The van der Waals surface area contributed by atoms with E-state index in [4.69, 9.17) is 27.4 Å². The van der Waals surface area contributed by atoms with Crippen molar-refractivity contribution in [1.82, 2.24) is 29.9 Å². The average molecular weight is 737 g/mol. The molecular weight excluding hydrogens is 685 g/mol. The normalized spacial score (nSPS) is 19.8. The summed E-state index contributed by atoms with van der Waals surface area (Å²) < 4.78 is 170. The van der Waals surface area contributed by atoms with Gasteiger partial charge in [0.2, 0.25) is 0 Å². The van der Waals surface area contributed by atoms with Crippen LogP contribution in [0.25, 0.3) is 68.3 Å². The Morgan fingerprint density at radius 3 is 0.857 bits per heavy atom. The molecule has 0 saturated heterocycles. The van der Waals surface area contributed by atoms with Crippen LogP contribution in [0.4, 0.5) is 0 Å². The molecule has 0 amide bonds. The fourth-order valence-corrected chi connectivity index (χ4v) is 7.40. The second-order valence-corrected chi connectivity index (χ2v) is 12.8. The Balaban J connectivity index is 1.10. The van der Waals surface area contributed by atoms with Gasteiger partial charge in [-0.15, -0.1) is 0 Å². The minimum absolute atomic E-state index is 0.105. The van der Waals surface area contributed by atoms with Gasteiger partial charge < -0.3 is 0 Å². The standard InChI is InChI=1S/C50H32N6/c1-5-15-31(16-6-1)45-51-46(32-17-7-2-8-18-32)54-49(53-45)35-25-27-39-41(29-35)43-37-23-13-14-24-38(37)44(39)42-30-36(26-28-40(42)43)50-55-47(33-19-9-3-10-20-33)52-48(56-50)34-21-11-4-12-22-34/h1-30,43-44H/i1D,2D,3D,4D,5D,6D,7D,8D,9D,10D,11D,12D,15D,16D,17D,18D,19D,20D,21D,22D. The molecule has 3 aliphatic rings. The van der Waals surface area contributed by atoms with Crippen LogP contribution in [0.1, 0.15) is 72.6 Å². The first kappa shape index (κ1) is 17.8. The highest BCUT2D eigenvalue weighted by Crippen LogP contribution is 2.56. The van der Waals surface area contributed by atoms with E-state index in [0.717, 1.165) is 33.4 Å². The molecule has 0 spiro atoms. The van der Waals surface area contributed by atoms with E-state index < -0.39 is 178 Å². The molecule has 6 nitrogen and oxygen atoms in total. The Labute approximate surface area is 352 Å². The third-order valence-electron chi connectivity index (χ3n) is 9.72. The predicted molar refractivity (Wildman–Crippen MR) is 221 cm³/mol. The van der Waals surface area contributed by atoms with Gasteiger partial charge in [0.05, 0.1) is 27.4 Å². The second kappa shape index (κ2) is 13.1. The Kier molecular flexibility index (Phi) is 4.18. The van der Waals surface area contributed by atoms with E-state index in [9.17, 15) is 0 Å². The quantitative estimate of drug-likeness (QED) is 0.169. The average Bonchev–Trinajstić information content (AvgIpc) is 3.58. The summed E-state index contributed by atoms with van der Waals surface area (Å²) in [6.45, 7) is 0. The van der Waals surface area contributed by atoms with Crippen LogP contribution < -0.4 is 0 Å². The lowest BCUT2D eigenvalue weighted by Crippen LogP contribution is -2.27. The fourth-order valence-electron chi connectivity index (χ4n) is 7.40. The molecule has 0 saturated carbocycles. The van der Waals surface area contributed by atoms with Gasteiger partial charge in [0, 0.05) is 45.2 Å². The molecule has 0 aliphatic heterocycles. The Bertz CT molecular complexity index is 3560. The van der Waals surface area contributed by atoms with Crippen LogP contribution in [-0.4, -0.2) is 29.9 Å². The SMILES string of the molecule is [2H]c1c([2H])c([2H])c(-c2nc(-c3ccc4c(c3)C3c5ccccc5C4c4cc(-c5nc(-c6c([2H])c([2H])c([2H])c([2H])c6[2H])nc(-c6c([2H])c([2H])c([2H])c([2H])c6[2H])n5)ccc43)nc(-c3c([2H])c([2H])c([2H])c([2H])c3[2H])n2)c([2H])c1[2H]. The van der Waals surface area contributed by atoms with Crippen molar-refractivity contribution in [3.8, 4) is 68.3 Å². The van der Waals surface area contributed by atoms with Gasteiger partial charge in [-0.2, -0.15) is 0 Å². The maximum absolute atomic E-state index is 8.76. The molecule has 3 aliphatic carbocycles. The van der Waals surface area contributed by atoms with Gasteiger partial charge in [-0.25, -0.2) is 29.9 Å². The van der Waals surface area contributed by atoms with E-state index in [1.54, 1.807) is 12.1 Å². The van der Waals surface area contributed by atoms with Crippen LogP contribution in [0.15, 0.2) is 182 Å².